The summed E-state index contributed by atoms with van der Waals surface area (Å²) in [6.45, 7) is 0.615. The van der Waals surface area contributed by atoms with Crippen molar-refractivity contribution in [3.63, 3.8) is 0 Å². The molecule has 1 unspecified atom stereocenters. The van der Waals surface area contributed by atoms with Crippen LogP contribution in [0, 0.1) is 0 Å². The van der Waals surface area contributed by atoms with E-state index in [1.807, 2.05) is 43.3 Å². The molecule has 1 saturated heterocycles. The summed E-state index contributed by atoms with van der Waals surface area (Å²) in [6, 6.07) is 7.51. The van der Waals surface area contributed by atoms with E-state index in [0.29, 0.717) is 6.54 Å². The van der Waals surface area contributed by atoms with Crippen LogP contribution in [-0.4, -0.2) is 32.6 Å². The lowest BCUT2D eigenvalue weighted by Gasteiger charge is -2.38. The zero-order valence-corrected chi connectivity index (χ0v) is 8.97. The molecule has 4 nitrogen and oxygen atoms in total. The van der Waals surface area contributed by atoms with Gasteiger partial charge in [-0.15, -0.1) is 0 Å². The minimum Gasteiger partial charge on any atom is -0.376 e. The minimum absolute atomic E-state index is 0.00398. The van der Waals surface area contributed by atoms with Gasteiger partial charge in [-0.3, -0.25) is 4.79 Å². The summed E-state index contributed by atoms with van der Waals surface area (Å²) < 4.78 is 0. The molecular weight excluding hydrogens is 190 g/mol. The lowest BCUT2D eigenvalue weighted by Crippen LogP contribution is -2.61. The summed E-state index contributed by atoms with van der Waals surface area (Å²) in [5.74, 6) is 0.00398. The van der Waals surface area contributed by atoms with Crippen molar-refractivity contribution in [2.75, 3.05) is 30.4 Å². The molecule has 15 heavy (non-hydrogen) atoms. The molecule has 0 spiro atoms. The Kier molecular flexibility index (Phi) is 2.36. The van der Waals surface area contributed by atoms with Gasteiger partial charge in [0, 0.05) is 14.1 Å². The Morgan fingerprint density at radius 2 is 2.07 bits per heavy atom. The first-order valence-electron chi connectivity index (χ1n) is 4.94. The highest BCUT2D eigenvalue weighted by Crippen LogP contribution is 2.31. The second-order valence-corrected chi connectivity index (χ2v) is 3.94. The summed E-state index contributed by atoms with van der Waals surface area (Å²) in [6.07, 6.45) is 0. The predicted molar refractivity (Wildman–Crippen MR) is 61.1 cm³/mol. The fourth-order valence-corrected chi connectivity index (χ4v) is 1.74. The molecule has 80 valence electrons. The number of nitrogens with two attached hydrogens (primary N) is 1. The SMILES string of the molecule is CN(C)c1ccccc1N1CC(N)C1=O. The van der Waals surface area contributed by atoms with E-state index in [4.69, 9.17) is 5.73 Å². The van der Waals surface area contributed by atoms with Crippen LogP contribution in [-0.2, 0) is 4.79 Å². The number of hydrogen-bond donors (Lipinski definition) is 1. The average Bonchev–Trinajstić information content (AvgIpc) is 2.25. The minimum atomic E-state index is -0.319. The Bertz CT molecular complexity index is 389. The van der Waals surface area contributed by atoms with Gasteiger partial charge in [0.1, 0.15) is 6.04 Å². The highest BCUT2D eigenvalue weighted by molar-refractivity contribution is 6.06. The quantitative estimate of drug-likeness (QED) is 0.712. The molecule has 2 rings (SSSR count). The number of benzene rings is 1. The van der Waals surface area contributed by atoms with Gasteiger partial charge in [0.15, 0.2) is 0 Å². The summed E-state index contributed by atoms with van der Waals surface area (Å²) in [5, 5.41) is 0. The number of carbonyl (C=O) groups excluding carboxylic acids is 1. The predicted octanol–water partition coefficient (Wildman–Crippen LogP) is 0.426. The van der Waals surface area contributed by atoms with Crippen molar-refractivity contribution in [1.29, 1.82) is 0 Å². The van der Waals surface area contributed by atoms with Gasteiger partial charge in [0.05, 0.1) is 17.9 Å². The van der Waals surface area contributed by atoms with Crippen LogP contribution in [0.5, 0.6) is 0 Å². The Balaban J connectivity index is 2.32. The fourth-order valence-electron chi connectivity index (χ4n) is 1.74. The zero-order valence-electron chi connectivity index (χ0n) is 8.97. The molecule has 1 amide bonds. The van der Waals surface area contributed by atoms with Crippen LogP contribution in [0.25, 0.3) is 0 Å². The Hall–Kier alpha value is -1.55. The Morgan fingerprint density at radius 1 is 1.40 bits per heavy atom. The average molecular weight is 205 g/mol. The van der Waals surface area contributed by atoms with E-state index in [-0.39, 0.29) is 11.9 Å². The van der Waals surface area contributed by atoms with Crippen molar-refractivity contribution < 1.29 is 4.79 Å². The number of nitrogens with zero attached hydrogens (tertiary/aromatic N) is 2. The molecule has 1 fully saturated rings. The molecule has 0 aliphatic carbocycles. The molecule has 0 aromatic heterocycles. The molecule has 0 radical (unpaired) electrons. The van der Waals surface area contributed by atoms with Crippen molar-refractivity contribution in [1.82, 2.24) is 0 Å². The number of amides is 1. The van der Waals surface area contributed by atoms with Crippen molar-refractivity contribution in [2.24, 2.45) is 5.73 Å². The standard InChI is InChI=1S/C11H15N3O/c1-13(2)9-5-3-4-6-10(9)14-7-8(12)11(14)15/h3-6,8H,7,12H2,1-2H3. The molecule has 1 aromatic carbocycles. The monoisotopic (exact) mass is 205 g/mol. The third kappa shape index (κ3) is 1.57. The number of hydrogen-bond acceptors (Lipinski definition) is 3. The Labute approximate surface area is 89.3 Å². The van der Waals surface area contributed by atoms with Crippen molar-refractivity contribution in [3.8, 4) is 0 Å². The highest BCUT2D eigenvalue weighted by atomic mass is 16.2. The molecule has 1 heterocycles. The first-order chi connectivity index (χ1) is 7.11. The van der Waals surface area contributed by atoms with Gasteiger partial charge >= 0.3 is 0 Å². The third-order valence-electron chi connectivity index (χ3n) is 2.62. The summed E-state index contributed by atoms with van der Waals surface area (Å²) in [7, 11) is 3.92. The zero-order chi connectivity index (χ0) is 11.0. The number of anilines is 2. The van der Waals surface area contributed by atoms with Gasteiger partial charge in [-0.2, -0.15) is 0 Å². The molecular formula is C11H15N3O. The van der Waals surface area contributed by atoms with Gasteiger partial charge in [-0.25, -0.2) is 0 Å². The van der Waals surface area contributed by atoms with Crippen LogP contribution in [0.2, 0.25) is 0 Å². The molecule has 2 N–H and O–H groups in total. The van der Waals surface area contributed by atoms with Gasteiger partial charge in [-0.05, 0) is 12.1 Å². The van der Waals surface area contributed by atoms with Gasteiger partial charge in [-0.1, -0.05) is 12.1 Å². The summed E-state index contributed by atoms with van der Waals surface area (Å²) in [4.78, 5) is 15.2. The van der Waals surface area contributed by atoms with Crippen molar-refractivity contribution in [2.45, 2.75) is 6.04 Å². The van der Waals surface area contributed by atoms with Crippen LogP contribution in [0.3, 0.4) is 0 Å². The van der Waals surface area contributed by atoms with Gasteiger partial charge in [0.25, 0.3) is 0 Å². The first-order valence-corrected chi connectivity index (χ1v) is 4.94. The van der Waals surface area contributed by atoms with E-state index in [1.165, 1.54) is 0 Å². The highest BCUT2D eigenvalue weighted by Gasteiger charge is 2.35. The van der Waals surface area contributed by atoms with E-state index >= 15 is 0 Å². The van der Waals surface area contributed by atoms with Gasteiger partial charge < -0.3 is 15.5 Å². The maximum absolute atomic E-state index is 11.5. The van der Waals surface area contributed by atoms with E-state index < -0.39 is 0 Å². The molecule has 0 bridgehead atoms. The van der Waals surface area contributed by atoms with Crippen molar-refractivity contribution >= 4 is 17.3 Å². The third-order valence-corrected chi connectivity index (χ3v) is 2.62. The van der Waals surface area contributed by atoms with Crippen LogP contribution >= 0.6 is 0 Å². The van der Waals surface area contributed by atoms with Crippen LogP contribution in [0.1, 0.15) is 0 Å². The molecule has 1 aromatic rings. The largest absolute Gasteiger partial charge is 0.376 e. The van der Waals surface area contributed by atoms with Crippen LogP contribution in [0.4, 0.5) is 11.4 Å². The number of carbonyl (C=O) groups is 1. The van der Waals surface area contributed by atoms with E-state index in [2.05, 4.69) is 0 Å². The number of para-hydroxylation sites is 2. The smallest absolute Gasteiger partial charge is 0.245 e. The fraction of sp³-hybridized carbons (Fsp3) is 0.364. The molecule has 4 heteroatoms. The van der Waals surface area contributed by atoms with E-state index in [9.17, 15) is 4.79 Å². The Morgan fingerprint density at radius 3 is 2.60 bits per heavy atom. The second-order valence-electron chi connectivity index (χ2n) is 3.94. The van der Waals surface area contributed by atoms with Crippen LogP contribution in [0.15, 0.2) is 24.3 Å². The first kappa shape index (κ1) is 9.98. The maximum atomic E-state index is 11.5. The second kappa shape index (κ2) is 3.55. The van der Waals surface area contributed by atoms with E-state index in [0.717, 1.165) is 11.4 Å². The van der Waals surface area contributed by atoms with E-state index in [1.54, 1.807) is 4.90 Å². The number of β-lactam (4-membered cyclic amide) rings is 1. The lowest BCUT2D eigenvalue weighted by molar-refractivity contribution is -0.123. The van der Waals surface area contributed by atoms with Crippen LogP contribution < -0.4 is 15.5 Å². The molecule has 1 aliphatic rings. The molecule has 1 aliphatic heterocycles. The van der Waals surface area contributed by atoms with Crippen molar-refractivity contribution in [3.05, 3.63) is 24.3 Å². The lowest BCUT2D eigenvalue weighted by atomic mass is 10.1. The number of rotatable bonds is 2. The topological polar surface area (TPSA) is 49.6 Å². The molecule has 0 saturated carbocycles. The maximum Gasteiger partial charge on any atom is 0.245 e. The summed E-state index contributed by atoms with van der Waals surface area (Å²) in [5.41, 5.74) is 7.55. The van der Waals surface area contributed by atoms with Gasteiger partial charge in [0.2, 0.25) is 5.91 Å². The molecule has 1 atom stereocenters. The summed E-state index contributed by atoms with van der Waals surface area (Å²) >= 11 is 0. The normalized spacial score (nSPS) is 20.1.